The van der Waals surface area contributed by atoms with Crippen molar-refractivity contribution in [2.45, 2.75) is 59.4 Å². The number of rotatable bonds is 9. The molecule has 4 nitrogen and oxygen atoms in total. The quantitative estimate of drug-likeness (QED) is 0.703. The van der Waals surface area contributed by atoms with Crippen LogP contribution in [-0.2, 0) is 6.54 Å². The van der Waals surface area contributed by atoms with E-state index in [1.165, 1.54) is 30.4 Å². The van der Waals surface area contributed by atoms with E-state index in [-0.39, 0.29) is 10.6 Å². The highest BCUT2D eigenvalue weighted by atomic mass is 35.5. The largest absolute Gasteiger partial charge is 0.382 e. The van der Waals surface area contributed by atoms with Crippen molar-refractivity contribution >= 4 is 17.3 Å². The first-order valence-electron chi connectivity index (χ1n) is 7.55. The molecule has 114 valence electrons. The van der Waals surface area contributed by atoms with Crippen LogP contribution in [0.2, 0.25) is 5.02 Å². The molecule has 1 N–H and O–H groups in total. The van der Waals surface area contributed by atoms with Gasteiger partial charge in [-0.1, -0.05) is 51.1 Å². The SMILES string of the molecule is CCn1ncc(NCCCCCCC(C)C)c(Cl)c1=O. The van der Waals surface area contributed by atoms with Crippen LogP contribution in [0.4, 0.5) is 5.69 Å². The van der Waals surface area contributed by atoms with E-state index in [4.69, 9.17) is 11.6 Å². The Kier molecular flexibility index (Phi) is 7.67. The number of anilines is 1. The molecule has 0 aliphatic carbocycles. The summed E-state index contributed by atoms with van der Waals surface area (Å²) in [5.74, 6) is 0.795. The molecule has 0 atom stereocenters. The van der Waals surface area contributed by atoms with E-state index in [9.17, 15) is 4.79 Å². The number of hydrogen-bond acceptors (Lipinski definition) is 3. The van der Waals surface area contributed by atoms with Gasteiger partial charge in [-0.05, 0) is 19.3 Å². The third-order valence-electron chi connectivity index (χ3n) is 3.31. The van der Waals surface area contributed by atoms with Crippen molar-refractivity contribution in [3.05, 3.63) is 21.6 Å². The Bertz CT molecular complexity index is 457. The highest BCUT2D eigenvalue weighted by molar-refractivity contribution is 6.32. The molecule has 1 aromatic heterocycles. The van der Waals surface area contributed by atoms with E-state index in [0.29, 0.717) is 12.2 Å². The first-order chi connectivity index (χ1) is 9.56. The van der Waals surface area contributed by atoms with Gasteiger partial charge in [-0.25, -0.2) is 4.68 Å². The molecule has 0 saturated heterocycles. The fourth-order valence-corrected chi connectivity index (χ4v) is 2.28. The maximum absolute atomic E-state index is 11.8. The van der Waals surface area contributed by atoms with Crippen molar-refractivity contribution < 1.29 is 0 Å². The molecule has 1 heterocycles. The lowest BCUT2D eigenvalue weighted by Gasteiger charge is -2.09. The van der Waals surface area contributed by atoms with E-state index < -0.39 is 0 Å². The maximum Gasteiger partial charge on any atom is 0.287 e. The molecule has 0 radical (unpaired) electrons. The summed E-state index contributed by atoms with van der Waals surface area (Å²) in [6.07, 6.45) is 7.79. The zero-order valence-corrected chi connectivity index (χ0v) is 13.5. The molecule has 5 heteroatoms. The highest BCUT2D eigenvalue weighted by Crippen LogP contribution is 2.15. The third-order valence-corrected chi connectivity index (χ3v) is 3.67. The van der Waals surface area contributed by atoms with Gasteiger partial charge >= 0.3 is 0 Å². The zero-order valence-electron chi connectivity index (χ0n) is 12.8. The van der Waals surface area contributed by atoms with Crippen LogP contribution in [0.3, 0.4) is 0 Å². The molecular weight excluding hydrogens is 274 g/mol. The van der Waals surface area contributed by atoms with Gasteiger partial charge in [-0.3, -0.25) is 4.79 Å². The number of unbranched alkanes of at least 4 members (excludes halogenated alkanes) is 3. The maximum atomic E-state index is 11.8. The van der Waals surface area contributed by atoms with Crippen LogP contribution >= 0.6 is 11.6 Å². The van der Waals surface area contributed by atoms with Gasteiger partial charge in [0, 0.05) is 13.1 Å². The van der Waals surface area contributed by atoms with Crippen LogP contribution in [0.1, 0.15) is 52.9 Å². The number of nitrogens with zero attached hydrogens (tertiary/aromatic N) is 2. The Hall–Kier alpha value is -1.03. The highest BCUT2D eigenvalue weighted by Gasteiger charge is 2.07. The summed E-state index contributed by atoms with van der Waals surface area (Å²) in [7, 11) is 0. The monoisotopic (exact) mass is 299 g/mol. The lowest BCUT2D eigenvalue weighted by atomic mass is 10.0. The first kappa shape index (κ1) is 17.0. The van der Waals surface area contributed by atoms with Crippen molar-refractivity contribution in [1.29, 1.82) is 0 Å². The summed E-state index contributed by atoms with van der Waals surface area (Å²) in [6, 6.07) is 0. The standard InChI is InChI=1S/C15H26ClN3O/c1-4-19-15(20)14(16)13(11-18-19)17-10-8-6-5-7-9-12(2)3/h11-12,17H,4-10H2,1-3H3. The lowest BCUT2D eigenvalue weighted by Crippen LogP contribution is -2.23. The van der Waals surface area contributed by atoms with Crippen LogP contribution < -0.4 is 10.9 Å². The molecule has 0 aliphatic rings. The fraction of sp³-hybridized carbons (Fsp3) is 0.733. The molecule has 0 aliphatic heterocycles. The molecular formula is C15H26ClN3O. The van der Waals surface area contributed by atoms with Crippen LogP contribution in [-0.4, -0.2) is 16.3 Å². The molecule has 0 bridgehead atoms. The number of nitrogens with one attached hydrogen (secondary N) is 1. The predicted octanol–water partition coefficient (Wildman–Crippen LogP) is 3.94. The van der Waals surface area contributed by atoms with Crippen LogP contribution in [0.25, 0.3) is 0 Å². The van der Waals surface area contributed by atoms with Gasteiger partial charge in [0.15, 0.2) is 0 Å². The number of aryl methyl sites for hydroxylation is 1. The fourth-order valence-electron chi connectivity index (χ4n) is 2.07. The topological polar surface area (TPSA) is 46.9 Å². The predicted molar refractivity (Wildman–Crippen MR) is 85.6 cm³/mol. The molecule has 0 aromatic carbocycles. The Labute approximate surface area is 126 Å². The molecule has 0 spiro atoms. The van der Waals surface area contributed by atoms with Crippen molar-refractivity contribution in [2.75, 3.05) is 11.9 Å². The Morgan fingerprint density at radius 2 is 2.00 bits per heavy atom. The zero-order chi connectivity index (χ0) is 15.0. The van der Waals surface area contributed by atoms with E-state index in [1.54, 1.807) is 6.20 Å². The molecule has 0 saturated carbocycles. The average molecular weight is 300 g/mol. The van der Waals surface area contributed by atoms with Crippen molar-refractivity contribution in [2.24, 2.45) is 5.92 Å². The second kappa shape index (κ2) is 9.01. The number of hydrogen-bond donors (Lipinski definition) is 1. The molecule has 20 heavy (non-hydrogen) atoms. The normalized spacial score (nSPS) is 11.1. The van der Waals surface area contributed by atoms with E-state index >= 15 is 0 Å². The lowest BCUT2D eigenvalue weighted by molar-refractivity contribution is 0.523. The van der Waals surface area contributed by atoms with Crippen LogP contribution in [0.15, 0.2) is 11.0 Å². The second-order valence-electron chi connectivity index (χ2n) is 5.52. The van der Waals surface area contributed by atoms with Gasteiger partial charge in [-0.2, -0.15) is 5.10 Å². The summed E-state index contributed by atoms with van der Waals surface area (Å²) in [5, 5.41) is 7.50. The molecule has 1 rings (SSSR count). The minimum atomic E-state index is -0.226. The molecule has 0 amide bonds. The van der Waals surface area contributed by atoms with Gasteiger partial charge in [0.05, 0.1) is 11.9 Å². The van der Waals surface area contributed by atoms with Gasteiger partial charge < -0.3 is 5.32 Å². The smallest absolute Gasteiger partial charge is 0.287 e. The van der Waals surface area contributed by atoms with Crippen LogP contribution in [0, 0.1) is 5.92 Å². The second-order valence-corrected chi connectivity index (χ2v) is 5.89. The molecule has 1 aromatic rings. The van der Waals surface area contributed by atoms with E-state index in [2.05, 4.69) is 24.3 Å². The van der Waals surface area contributed by atoms with Gasteiger partial charge in [-0.15, -0.1) is 0 Å². The molecule has 0 unspecified atom stereocenters. The average Bonchev–Trinajstić information content (AvgIpc) is 2.42. The van der Waals surface area contributed by atoms with Crippen molar-refractivity contribution in [1.82, 2.24) is 9.78 Å². The summed E-state index contributed by atoms with van der Waals surface area (Å²) < 4.78 is 1.36. The minimum Gasteiger partial charge on any atom is -0.382 e. The van der Waals surface area contributed by atoms with E-state index in [0.717, 1.165) is 18.9 Å². The Morgan fingerprint density at radius 3 is 2.65 bits per heavy atom. The first-order valence-corrected chi connectivity index (χ1v) is 7.93. The number of aromatic nitrogens is 2. The molecule has 0 fully saturated rings. The van der Waals surface area contributed by atoms with Gasteiger partial charge in [0.25, 0.3) is 5.56 Å². The van der Waals surface area contributed by atoms with E-state index in [1.807, 2.05) is 6.92 Å². The Morgan fingerprint density at radius 1 is 1.30 bits per heavy atom. The van der Waals surface area contributed by atoms with Crippen LogP contribution in [0.5, 0.6) is 0 Å². The number of halogens is 1. The van der Waals surface area contributed by atoms with Crippen molar-refractivity contribution in [3.63, 3.8) is 0 Å². The summed E-state index contributed by atoms with van der Waals surface area (Å²) in [5.41, 5.74) is 0.416. The summed E-state index contributed by atoms with van der Waals surface area (Å²) in [6.45, 7) is 7.76. The van der Waals surface area contributed by atoms with Gasteiger partial charge in [0.2, 0.25) is 0 Å². The van der Waals surface area contributed by atoms with Gasteiger partial charge in [0.1, 0.15) is 5.02 Å². The summed E-state index contributed by atoms with van der Waals surface area (Å²) >= 11 is 6.04. The third kappa shape index (κ3) is 5.53. The minimum absolute atomic E-state index is 0.226. The van der Waals surface area contributed by atoms with Crippen molar-refractivity contribution in [3.8, 4) is 0 Å². The summed E-state index contributed by atoms with van der Waals surface area (Å²) in [4.78, 5) is 11.8. The Balaban J connectivity index is 2.29.